The number of nitrogens with zero attached hydrogens (tertiary/aromatic N) is 4. The maximum absolute atomic E-state index is 5.60. The van der Waals surface area contributed by atoms with Gasteiger partial charge >= 0.3 is 0 Å². The highest BCUT2D eigenvalue weighted by molar-refractivity contribution is 5.93. The van der Waals surface area contributed by atoms with Crippen LogP contribution in [0.25, 0.3) is 10.9 Å². The van der Waals surface area contributed by atoms with Crippen molar-refractivity contribution in [1.29, 1.82) is 0 Å². The van der Waals surface area contributed by atoms with Crippen LogP contribution in [0, 0.1) is 0 Å². The molecule has 0 radical (unpaired) electrons. The first-order chi connectivity index (χ1) is 19.4. The summed E-state index contributed by atoms with van der Waals surface area (Å²) in [7, 11) is 10.7. The van der Waals surface area contributed by atoms with Crippen LogP contribution in [0.2, 0.25) is 0 Å². The van der Waals surface area contributed by atoms with E-state index in [1.807, 2.05) is 32.3 Å². The molecule has 0 atom stereocenters. The Labute approximate surface area is 235 Å². The molecular formula is C31H37N5O4. The topological polar surface area (TPSA) is 81.2 Å². The molecule has 1 N–H and O–H groups in total. The first-order valence-corrected chi connectivity index (χ1v) is 13.4. The normalized spacial score (nSPS) is 12.6. The van der Waals surface area contributed by atoms with Crippen LogP contribution < -0.4 is 34.1 Å². The minimum Gasteiger partial charge on any atom is -0.493 e. The number of hydrogen-bond acceptors (Lipinski definition) is 9. The molecule has 1 aromatic heterocycles. The number of fused-ring (bicyclic) bond motifs is 2. The van der Waals surface area contributed by atoms with E-state index in [0.717, 1.165) is 70.4 Å². The molecule has 210 valence electrons. The zero-order chi connectivity index (χ0) is 28.2. The van der Waals surface area contributed by atoms with Gasteiger partial charge in [-0.3, -0.25) is 0 Å². The van der Waals surface area contributed by atoms with Gasteiger partial charge in [0.1, 0.15) is 5.82 Å². The second-order valence-electron chi connectivity index (χ2n) is 9.94. The van der Waals surface area contributed by atoms with Gasteiger partial charge in [-0.1, -0.05) is 12.1 Å². The lowest BCUT2D eigenvalue weighted by Crippen LogP contribution is -2.31. The summed E-state index contributed by atoms with van der Waals surface area (Å²) in [4.78, 5) is 14.4. The smallest absolute Gasteiger partial charge is 0.225 e. The molecule has 0 amide bonds. The van der Waals surface area contributed by atoms with Crippen LogP contribution in [0.3, 0.4) is 0 Å². The van der Waals surface area contributed by atoms with Crippen molar-refractivity contribution in [3.05, 3.63) is 65.2 Å². The van der Waals surface area contributed by atoms with E-state index in [-0.39, 0.29) is 0 Å². The molecule has 0 aliphatic carbocycles. The van der Waals surface area contributed by atoms with E-state index in [0.29, 0.717) is 19.0 Å². The first kappa shape index (κ1) is 27.2. The van der Waals surface area contributed by atoms with E-state index >= 15 is 0 Å². The Morgan fingerprint density at radius 1 is 0.850 bits per heavy atom. The number of nitrogens with one attached hydrogen (secondary N) is 1. The lowest BCUT2D eigenvalue weighted by atomic mass is 9.98. The average molecular weight is 544 g/mol. The molecule has 9 heteroatoms. The Balaban J connectivity index is 1.46. The molecule has 4 aromatic rings. The molecule has 0 unspecified atom stereocenters. The van der Waals surface area contributed by atoms with Gasteiger partial charge in [-0.2, -0.15) is 4.98 Å². The third-order valence-corrected chi connectivity index (χ3v) is 7.36. The molecule has 0 fully saturated rings. The Bertz CT molecular complexity index is 1510. The van der Waals surface area contributed by atoms with Gasteiger partial charge in [0.15, 0.2) is 23.0 Å². The fraction of sp³-hybridized carbons (Fsp3) is 0.355. The minimum atomic E-state index is 0.597. The maximum atomic E-state index is 5.60. The van der Waals surface area contributed by atoms with Gasteiger partial charge in [-0.05, 0) is 65.9 Å². The van der Waals surface area contributed by atoms with E-state index in [4.69, 9.17) is 28.9 Å². The van der Waals surface area contributed by atoms with Crippen LogP contribution in [0.1, 0.15) is 16.7 Å². The van der Waals surface area contributed by atoms with Crippen LogP contribution in [0.15, 0.2) is 48.5 Å². The second kappa shape index (κ2) is 11.8. The predicted octanol–water partition coefficient (Wildman–Crippen LogP) is 4.95. The van der Waals surface area contributed by atoms with Crippen LogP contribution in [0.4, 0.5) is 17.5 Å². The van der Waals surface area contributed by atoms with Gasteiger partial charge in [0.05, 0.1) is 34.0 Å². The van der Waals surface area contributed by atoms with Crippen molar-refractivity contribution in [2.24, 2.45) is 0 Å². The lowest BCUT2D eigenvalue weighted by Gasteiger charge is -2.31. The van der Waals surface area contributed by atoms with Gasteiger partial charge in [-0.15, -0.1) is 0 Å². The molecule has 0 spiro atoms. The largest absolute Gasteiger partial charge is 0.493 e. The van der Waals surface area contributed by atoms with Crippen molar-refractivity contribution >= 4 is 28.4 Å². The SMILES string of the molecule is COc1cc2c(cc1OC)CN(c1nc(NCCc3cccc(OC)c3OC)nc3ccc(N(C)C)cc13)CC2. The molecule has 1 aliphatic rings. The van der Waals surface area contributed by atoms with E-state index in [1.165, 1.54) is 11.1 Å². The summed E-state index contributed by atoms with van der Waals surface area (Å²) >= 11 is 0. The zero-order valence-corrected chi connectivity index (χ0v) is 24.1. The number of aromatic nitrogens is 2. The summed E-state index contributed by atoms with van der Waals surface area (Å²) in [6.07, 6.45) is 1.61. The third kappa shape index (κ3) is 5.36. The summed E-state index contributed by atoms with van der Waals surface area (Å²) in [6, 6.07) is 16.4. The van der Waals surface area contributed by atoms with E-state index < -0.39 is 0 Å². The average Bonchev–Trinajstić information content (AvgIpc) is 2.99. The zero-order valence-electron chi connectivity index (χ0n) is 24.1. The summed E-state index contributed by atoms with van der Waals surface area (Å²) in [5, 5.41) is 4.47. The molecule has 0 saturated heterocycles. The highest BCUT2D eigenvalue weighted by Gasteiger charge is 2.23. The minimum absolute atomic E-state index is 0.597. The second-order valence-corrected chi connectivity index (χ2v) is 9.94. The fourth-order valence-electron chi connectivity index (χ4n) is 5.22. The van der Waals surface area contributed by atoms with Crippen LogP contribution in [-0.4, -0.2) is 65.6 Å². The number of ether oxygens (including phenoxy) is 4. The summed E-state index contributed by atoms with van der Waals surface area (Å²) in [5.41, 5.74) is 5.54. The van der Waals surface area contributed by atoms with Gasteiger partial charge in [0.25, 0.3) is 0 Å². The number of benzene rings is 3. The predicted molar refractivity (Wildman–Crippen MR) is 160 cm³/mol. The van der Waals surface area contributed by atoms with E-state index in [9.17, 15) is 0 Å². The van der Waals surface area contributed by atoms with Gasteiger partial charge in [0.2, 0.25) is 5.95 Å². The molecule has 2 heterocycles. The quantitative estimate of drug-likeness (QED) is 0.299. The van der Waals surface area contributed by atoms with Crippen molar-refractivity contribution in [3.63, 3.8) is 0 Å². The van der Waals surface area contributed by atoms with Crippen LogP contribution in [0.5, 0.6) is 23.0 Å². The number of rotatable bonds is 10. The Morgan fingerprint density at radius 2 is 1.60 bits per heavy atom. The van der Waals surface area contributed by atoms with Crippen molar-refractivity contribution in [2.45, 2.75) is 19.4 Å². The van der Waals surface area contributed by atoms with Crippen LogP contribution in [-0.2, 0) is 19.4 Å². The van der Waals surface area contributed by atoms with Crippen molar-refractivity contribution in [2.75, 3.05) is 70.7 Å². The van der Waals surface area contributed by atoms with Crippen molar-refractivity contribution in [3.8, 4) is 23.0 Å². The first-order valence-electron chi connectivity index (χ1n) is 13.4. The van der Waals surface area contributed by atoms with Gasteiger partial charge in [0, 0.05) is 44.8 Å². The lowest BCUT2D eigenvalue weighted by molar-refractivity contribution is 0.352. The Hall–Kier alpha value is -4.40. The van der Waals surface area contributed by atoms with Gasteiger partial charge in [-0.25, -0.2) is 4.98 Å². The maximum Gasteiger partial charge on any atom is 0.225 e. The fourth-order valence-corrected chi connectivity index (χ4v) is 5.22. The van der Waals surface area contributed by atoms with Gasteiger partial charge < -0.3 is 34.1 Å². The monoisotopic (exact) mass is 543 g/mol. The molecule has 9 nitrogen and oxygen atoms in total. The standard InChI is InChI=1S/C31H37N5O4/c1-35(2)23-10-11-25-24(18-23)30(36-15-13-21-16-27(38-4)28(39-5)17-22(21)19-36)34-31(33-25)32-14-12-20-8-7-9-26(37-3)29(20)40-6/h7-11,16-18H,12-15,19H2,1-6H3,(H,32,33,34). The van der Waals surface area contributed by atoms with E-state index in [2.05, 4.69) is 45.4 Å². The number of hydrogen-bond donors (Lipinski definition) is 1. The Morgan fingerprint density at radius 3 is 2.30 bits per heavy atom. The number of methoxy groups -OCH3 is 4. The number of para-hydroxylation sites is 1. The summed E-state index contributed by atoms with van der Waals surface area (Å²) in [5.74, 6) is 4.48. The van der Waals surface area contributed by atoms with Crippen molar-refractivity contribution in [1.82, 2.24) is 9.97 Å². The van der Waals surface area contributed by atoms with E-state index in [1.54, 1.807) is 28.4 Å². The molecule has 5 rings (SSSR count). The molecule has 3 aromatic carbocycles. The van der Waals surface area contributed by atoms with Crippen LogP contribution >= 0.6 is 0 Å². The number of anilines is 3. The molecule has 40 heavy (non-hydrogen) atoms. The highest BCUT2D eigenvalue weighted by Crippen LogP contribution is 2.37. The molecular weight excluding hydrogens is 506 g/mol. The third-order valence-electron chi connectivity index (χ3n) is 7.36. The highest BCUT2D eigenvalue weighted by atomic mass is 16.5. The Kier molecular flexibility index (Phi) is 8.00. The molecule has 0 saturated carbocycles. The molecule has 0 bridgehead atoms. The summed E-state index contributed by atoms with van der Waals surface area (Å²) < 4.78 is 22.2. The van der Waals surface area contributed by atoms with Crippen molar-refractivity contribution < 1.29 is 18.9 Å². The molecule has 1 aliphatic heterocycles. The summed E-state index contributed by atoms with van der Waals surface area (Å²) in [6.45, 7) is 2.19.